The molecule has 3 nitrogen and oxygen atoms in total. The van der Waals surface area contributed by atoms with Crippen LogP contribution in [0.5, 0.6) is 0 Å². The first kappa shape index (κ1) is 12.1. The SMILES string of the molecule is CC(C)S(=O)(=O)Cc1cc2cc(F)ccc2[nH]1. The predicted molar refractivity (Wildman–Crippen MR) is 66.0 cm³/mol. The molecule has 92 valence electrons. The van der Waals surface area contributed by atoms with E-state index in [2.05, 4.69) is 4.98 Å². The van der Waals surface area contributed by atoms with Crippen molar-refractivity contribution in [2.45, 2.75) is 24.9 Å². The Bertz CT molecular complexity index is 644. The summed E-state index contributed by atoms with van der Waals surface area (Å²) >= 11 is 0. The zero-order valence-corrected chi connectivity index (χ0v) is 10.5. The molecule has 17 heavy (non-hydrogen) atoms. The van der Waals surface area contributed by atoms with E-state index in [-0.39, 0.29) is 11.6 Å². The molecule has 1 aromatic carbocycles. The molecule has 1 aromatic heterocycles. The third-order valence-corrected chi connectivity index (χ3v) is 4.86. The molecule has 0 amide bonds. The number of benzene rings is 1. The first-order valence-electron chi connectivity index (χ1n) is 5.37. The van der Waals surface area contributed by atoms with Crippen LogP contribution in [0.25, 0.3) is 10.9 Å². The first-order valence-corrected chi connectivity index (χ1v) is 7.09. The summed E-state index contributed by atoms with van der Waals surface area (Å²) in [6, 6.07) is 6.02. The molecule has 1 heterocycles. The molecular formula is C12H14FNO2S. The Kier molecular flexibility index (Phi) is 2.95. The Morgan fingerprint density at radius 3 is 2.65 bits per heavy atom. The van der Waals surface area contributed by atoms with Gasteiger partial charge < -0.3 is 4.98 Å². The van der Waals surface area contributed by atoms with Crippen LogP contribution in [0.4, 0.5) is 4.39 Å². The molecule has 2 rings (SSSR count). The van der Waals surface area contributed by atoms with Crippen LogP contribution in [-0.4, -0.2) is 18.7 Å². The fraction of sp³-hybridized carbons (Fsp3) is 0.333. The molecule has 0 spiro atoms. The van der Waals surface area contributed by atoms with Crippen molar-refractivity contribution >= 4 is 20.7 Å². The first-order chi connectivity index (χ1) is 7.88. The summed E-state index contributed by atoms with van der Waals surface area (Å²) in [5.41, 5.74) is 1.35. The largest absolute Gasteiger partial charge is 0.358 e. The van der Waals surface area contributed by atoms with Gasteiger partial charge in [-0.3, -0.25) is 0 Å². The number of hydrogen-bond donors (Lipinski definition) is 1. The highest BCUT2D eigenvalue weighted by Gasteiger charge is 2.17. The third-order valence-electron chi connectivity index (χ3n) is 2.71. The van der Waals surface area contributed by atoms with E-state index in [1.807, 2.05) is 0 Å². The summed E-state index contributed by atoms with van der Waals surface area (Å²) < 4.78 is 36.5. The predicted octanol–water partition coefficient (Wildman–Crippen LogP) is 2.63. The maximum absolute atomic E-state index is 13.0. The van der Waals surface area contributed by atoms with Gasteiger partial charge in [-0.2, -0.15) is 0 Å². The molecule has 1 N–H and O–H groups in total. The Balaban J connectivity index is 2.38. The van der Waals surface area contributed by atoms with Crippen LogP contribution >= 0.6 is 0 Å². The van der Waals surface area contributed by atoms with Crippen LogP contribution < -0.4 is 0 Å². The van der Waals surface area contributed by atoms with Crippen LogP contribution in [0.3, 0.4) is 0 Å². The van der Waals surface area contributed by atoms with Gasteiger partial charge in [-0.1, -0.05) is 0 Å². The van der Waals surface area contributed by atoms with Gasteiger partial charge in [0.2, 0.25) is 0 Å². The fourth-order valence-corrected chi connectivity index (χ4v) is 2.55. The Morgan fingerprint density at radius 2 is 2.00 bits per heavy atom. The Labute approximate surface area is 99.6 Å². The average Bonchev–Trinajstić information content (AvgIpc) is 2.57. The monoisotopic (exact) mass is 255 g/mol. The van der Waals surface area contributed by atoms with Gasteiger partial charge in [0.25, 0.3) is 0 Å². The smallest absolute Gasteiger partial charge is 0.158 e. The summed E-state index contributed by atoms with van der Waals surface area (Å²) in [7, 11) is -3.13. The van der Waals surface area contributed by atoms with Crippen molar-refractivity contribution in [3.8, 4) is 0 Å². The van der Waals surface area contributed by atoms with Crippen molar-refractivity contribution in [1.29, 1.82) is 0 Å². The maximum Gasteiger partial charge on any atom is 0.158 e. The molecule has 2 aromatic rings. The number of aromatic amines is 1. The van der Waals surface area contributed by atoms with E-state index >= 15 is 0 Å². The molecule has 0 aliphatic carbocycles. The van der Waals surface area contributed by atoms with Crippen LogP contribution in [0.15, 0.2) is 24.3 Å². The number of hydrogen-bond acceptors (Lipinski definition) is 2. The van der Waals surface area contributed by atoms with E-state index in [1.54, 1.807) is 26.0 Å². The lowest BCUT2D eigenvalue weighted by molar-refractivity contribution is 0.586. The number of H-pyrrole nitrogens is 1. The number of sulfone groups is 1. The number of rotatable bonds is 3. The topological polar surface area (TPSA) is 49.9 Å². The molecule has 0 aliphatic rings. The molecule has 5 heteroatoms. The molecule has 0 saturated heterocycles. The number of fused-ring (bicyclic) bond motifs is 1. The van der Waals surface area contributed by atoms with Crippen molar-refractivity contribution < 1.29 is 12.8 Å². The Morgan fingerprint density at radius 1 is 1.29 bits per heavy atom. The molecule has 0 aliphatic heterocycles. The minimum absolute atomic E-state index is 0.0407. The molecule has 0 bridgehead atoms. The molecule has 0 unspecified atom stereocenters. The van der Waals surface area contributed by atoms with Gasteiger partial charge in [-0.25, -0.2) is 12.8 Å². The van der Waals surface area contributed by atoms with E-state index in [0.29, 0.717) is 11.1 Å². The van der Waals surface area contributed by atoms with Crippen molar-refractivity contribution in [2.24, 2.45) is 0 Å². The van der Waals surface area contributed by atoms with Crippen LogP contribution in [-0.2, 0) is 15.6 Å². The zero-order valence-electron chi connectivity index (χ0n) is 9.70. The Hall–Kier alpha value is -1.36. The molecular weight excluding hydrogens is 241 g/mol. The van der Waals surface area contributed by atoms with Gasteiger partial charge in [0.05, 0.1) is 11.0 Å². The van der Waals surface area contributed by atoms with E-state index in [0.717, 1.165) is 5.52 Å². The van der Waals surface area contributed by atoms with Crippen molar-refractivity contribution in [2.75, 3.05) is 0 Å². The molecule has 0 saturated carbocycles. The number of halogens is 1. The molecule has 0 fully saturated rings. The van der Waals surface area contributed by atoms with Gasteiger partial charge in [-0.15, -0.1) is 0 Å². The highest BCUT2D eigenvalue weighted by molar-refractivity contribution is 7.91. The minimum Gasteiger partial charge on any atom is -0.358 e. The van der Waals surface area contributed by atoms with E-state index < -0.39 is 15.1 Å². The number of nitrogens with one attached hydrogen (secondary N) is 1. The normalized spacial score (nSPS) is 12.5. The zero-order chi connectivity index (χ0) is 12.6. The lowest BCUT2D eigenvalue weighted by Crippen LogP contribution is -2.16. The summed E-state index contributed by atoms with van der Waals surface area (Å²) in [4.78, 5) is 2.99. The summed E-state index contributed by atoms with van der Waals surface area (Å²) in [5, 5.41) is 0.282. The van der Waals surface area contributed by atoms with E-state index in [4.69, 9.17) is 0 Å². The van der Waals surface area contributed by atoms with Crippen LogP contribution in [0, 0.1) is 5.82 Å². The van der Waals surface area contributed by atoms with Crippen LogP contribution in [0.2, 0.25) is 0 Å². The molecule has 0 radical (unpaired) electrons. The maximum atomic E-state index is 13.0. The van der Waals surface area contributed by atoms with E-state index in [9.17, 15) is 12.8 Å². The highest BCUT2D eigenvalue weighted by Crippen LogP contribution is 2.19. The van der Waals surface area contributed by atoms with Gasteiger partial charge in [0, 0.05) is 16.6 Å². The van der Waals surface area contributed by atoms with Gasteiger partial charge in [0.15, 0.2) is 9.84 Å². The second kappa shape index (κ2) is 4.14. The summed E-state index contributed by atoms with van der Waals surface area (Å²) in [5.74, 6) is -0.365. The molecule has 0 atom stereocenters. The number of aromatic nitrogens is 1. The minimum atomic E-state index is -3.13. The summed E-state index contributed by atoms with van der Waals surface area (Å²) in [6.07, 6.45) is 0. The van der Waals surface area contributed by atoms with E-state index in [1.165, 1.54) is 12.1 Å². The fourth-order valence-electron chi connectivity index (χ4n) is 1.62. The highest BCUT2D eigenvalue weighted by atomic mass is 32.2. The van der Waals surface area contributed by atoms with Crippen LogP contribution in [0.1, 0.15) is 19.5 Å². The second-order valence-corrected chi connectivity index (χ2v) is 6.94. The standard InChI is InChI=1S/C12H14FNO2S/c1-8(2)17(15,16)7-11-6-9-5-10(13)3-4-12(9)14-11/h3-6,8,14H,7H2,1-2H3. The van der Waals surface area contributed by atoms with Gasteiger partial charge in [0.1, 0.15) is 5.82 Å². The van der Waals surface area contributed by atoms with Crippen molar-refractivity contribution in [1.82, 2.24) is 4.98 Å². The van der Waals surface area contributed by atoms with Crippen molar-refractivity contribution in [3.63, 3.8) is 0 Å². The average molecular weight is 255 g/mol. The second-order valence-electron chi connectivity index (χ2n) is 4.38. The summed E-state index contributed by atoms with van der Waals surface area (Å²) in [6.45, 7) is 3.30. The third kappa shape index (κ3) is 2.49. The quantitative estimate of drug-likeness (QED) is 0.916. The van der Waals surface area contributed by atoms with Crippen molar-refractivity contribution in [3.05, 3.63) is 35.8 Å². The van der Waals surface area contributed by atoms with Gasteiger partial charge in [-0.05, 0) is 38.1 Å². The lowest BCUT2D eigenvalue weighted by Gasteiger charge is -2.05. The van der Waals surface area contributed by atoms with Gasteiger partial charge >= 0.3 is 0 Å². The lowest BCUT2D eigenvalue weighted by atomic mass is 10.2.